The molecule has 5 heteroatoms. The molecular formula is C18H26N4O. The van der Waals surface area contributed by atoms with Gasteiger partial charge in [-0.2, -0.15) is 0 Å². The molecule has 23 heavy (non-hydrogen) atoms. The minimum Gasteiger partial charge on any atom is -0.396 e. The smallest absolute Gasteiger partial charge is 0.132 e. The number of aryl methyl sites for hydroxylation is 2. The van der Waals surface area contributed by atoms with Gasteiger partial charge >= 0.3 is 0 Å². The van der Waals surface area contributed by atoms with Crippen molar-refractivity contribution < 1.29 is 5.11 Å². The Morgan fingerprint density at radius 3 is 2.83 bits per heavy atom. The Kier molecular flexibility index (Phi) is 7.46. The Hall–Kier alpha value is -2.01. The molecule has 0 bridgehead atoms. The van der Waals surface area contributed by atoms with E-state index in [9.17, 15) is 5.11 Å². The van der Waals surface area contributed by atoms with Crippen molar-refractivity contribution >= 4 is 5.82 Å². The van der Waals surface area contributed by atoms with Gasteiger partial charge in [-0.15, -0.1) is 0 Å². The van der Waals surface area contributed by atoms with Crippen LogP contribution >= 0.6 is 0 Å². The second-order valence-corrected chi connectivity index (χ2v) is 5.71. The van der Waals surface area contributed by atoms with Crippen LogP contribution in [0.1, 0.15) is 43.9 Å². The topological polar surface area (TPSA) is 70.9 Å². The van der Waals surface area contributed by atoms with Crippen LogP contribution < -0.4 is 5.32 Å². The molecule has 0 fully saturated rings. The number of pyridine rings is 1. The van der Waals surface area contributed by atoms with Crippen LogP contribution in [0.15, 0.2) is 36.9 Å². The molecule has 0 unspecified atom stereocenters. The van der Waals surface area contributed by atoms with E-state index in [0.29, 0.717) is 0 Å². The molecule has 2 rings (SSSR count). The number of nitrogens with one attached hydrogen (secondary N) is 1. The highest BCUT2D eigenvalue weighted by Crippen LogP contribution is 2.17. The Bertz CT molecular complexity index is 562. The quantitative estimate of drug-likeness (QED) is 0.705. The molecular weight excluding hydrogens is 288 g/mol. The van der Waals surface area contributed by atoms with Gasteiger partial charge in [0, 0.05) is 36.3 Å². The highest BCUT2D eigenvalue weighted by atomic mass is 16.3. The molecule has 1 atom stereocenters. The van der Waals surface area contributed by atoms with Gasteiger partial charge in [0.15, 0.2) is 0 Å². The number of anilines is 1. The Balaban J connectivity index is 2.00. The Morgan fingerprint density at radius 2 is 2.09 bits per heavy atom. The van der Waals surface area contributed by atoms with Gasteiger partial charge < -0.3 is 10.4 Å². The molecule has 0 spiro atoms. The zero-order valence-electron chi connectivity index (χ0n) is 13.8. The van der Waals surface area contributed by atoms with Crippen LogP contribution in [0, 0.1) is 0 Å². The lowest BCUT2D eigenvalue weighted by Gasteiger charge is -2.19. The Morgan fingerprint density at radius 1 is 1.17 bits per heavy atom. The number of hydrogen-bond acceptors (Lipinski definition) is 5. The molecule has 0 aliphatic heterocycles. The molecule has 124 valence electrons. The lowest BCUT2D eigenvalue weighted by molar-refractivity contribution is 0.276. The van der Waals surface area contributed by atoms with Crippen molar-refractivity contribution in [3.05, 3.63) is 48.2 Å². The fourth-order valence-corrected chi connectivity index (χ4v) is 2.57. The number of aromatic nitrogens is 3. The van der Waals surface area contributed by atoms with Crippen LogP contribution in [0.5, 0.6) is 0 Å². The van der Waals surface area contributed by atoms with Gasteiger partial charge in [-0.1, -0.05) is 25.8 Å². The highest BCUT2D eigenvalue weighted by Gasteiger charge is 2.11. The largest absolute Gasteiger partial charge is 0.396 e. The van der Waals surface area contributed by atoms with Crippen molar-refractivity contribution in [3.8, 4) is 0 Å². The molecule has 0 saturated carbocycles. The molecule has 2 aromatic rings. The van der Waals surface area contributed by atoms with Gasteiger partial charge in [-0.3, -0.25) is 4.98 Å². The molecule has 0 aliphatic carbocycles. The van der Waals surface area contributed by atoms with Crippen molar-refractivity contribution in [2.75, 3.05) is 11.9 Å². The standard InChI is InChI=1S/C18H26N4O/c1-2-3-6-17(10-12-23)22-18-15(13-19-14-21-18)8-9-16-7-4-5-11-20-16/h4-5,7,11,13-14,17,23H,2-3,6,8-10,12H2,1H3,(H,19,21,22)/t17-/m0/s1. The summed E-state index contributed by atoms with van der Waals surface area (Å²) in [6.45, 7) is 2.37. The summed E-state index contributed by atoms with van der Waals surface area (Å²) < 4.78 is 0. The molecule has 0 saturated heterocycles. The summed E-state index contributed by atoms with van der Waals surface area (Å²) in [6, 6.07) is 6.22. The lowest BCUT2D eigenvalue weighted by Crippen LogP contribution is -2.22. The van der Waals surface area contributed by atoms with Crippen LogP contribution in [0.2, 0.25) is 0 Å². The van der Waals surface area contributed by atoms with Gasteiger partial charge in [-0.05, 0) is 37.8 Å². The normalized spacial score (nSPS) is 12.1. The summed E-state index contributed by atoms with van der Waals surface area (Å²) in [5.74, 6) is 0.880. The fourth-order valence-electron chi connectivity index (χ4n) is 2.57. The van der Waals surface area contributed by atoms with Crippen molar-refractivity contribution in [1.82, 2.24) is 15.0 Å². The van der Waals surface area contributed by atoms with Crippen LogP contribution in [0.3, 0.4) is 0 Å². The van der Waals surface area contributed by atoms with Gasteiger partial charge in [0.25, 0.3) is 0 Å². The Labute approximate surface area is 138 Å². The molecule has 0 radical (unpaired) electrons. The summed E-state index contributed by atoms with van der Waals surface area (Å²) in [6.07, 6.45) is 11.0. The minimum absolute atomic E-state index is 0.190. The third-order valence-electron chi connectivity index (χ3n) is 3.89. The van der Waals surface area contributed by atoms with Crippen molar-refractivity contribution in [2.45, 2.75) is 51.5 Å². The number of aliphatic hydroxyl groups excluding tert-OH is 1. The van der Waals surface area contributed by atoms with Gasteiger partial charge in [-0.25, -0.2) is 9.97 Å². The maximum Gasteiger partial charge on any atom is 0.132 e. The maximum atomic E-state index is 9.25. The monoisotopic (exact) mass is 314 g/mol. The minimum atomic E-state index is 0.190. The first-order valence-corrected chi connectivity index (χ1v) is 8.39. The van der Waals surface area contributed by atoms with E-state index in [1.54, 1.807) is 6.33 Å². The predicted molar refractivity (Wildman–Crippen MR) is 92.3 cm³/mol. The second kappa shape index (κ2) is 9.90. The first-order chi connectivity index (χ1) is 11.3. The zero-order chi connectivity index (χ0) is 16.3. The van der Waals surface area contributed by atoms with Crippen LogP contribution in [0.25, 0.3) is 0 Å². The number of rotatable bonds is 10. The number of nitrogens with zero attached hydrogens (tertiary/aromatic N) is 3. The van der Waals surface area contributed by atoms with Crippen molar-refractivity contribution in [3.63, 3.8) is 0 Å². The summed E-state index contributed by atoms with van der Waals surface area (Å²) in [4.78, 5) is 12.9. The molecule has 2 N–H and O–H groups in total. The molecule has 0 amide bonds. The summed E-state index contributed by atoms with van der Waals surface area (Å²) in [5.41, 5.74) is 2.16. The third kappa shape index (κ3) is 5.94. The first kappa shape index (κ1) is 17.3. The van der Waals surface area contributed by atoms with Crippen LogP contribution in [-0.4, -0.2) is 32.7 Å². The van der Waals surface area contributed by atoms with E-state index in [4.69, 9.17) is 0 Å². The average molecular weight is 314 g/mol. The zero-order valence-corrected chi connectivity index (χ0v) is 13.8. The summed E-state index contributed by atoms with van der Waals surface area (Å²) in [5, 5.41) is 12.7. The number of aliphatic hydroxyl groups is 1. The second-order valence-electron chi connectivity index (χ2n) is 5.71. The van der Waals surface area contributed by atoms with E-state index in [2.05, 4.69) is 27.2 Å². The lowest BCUT2D eigenvalue weighted by atomic mass is 10.1. The molecule has 0 aromatic carbocycles. The van der Waals surface area contributed by atoms with Crippen LogP contribution in [0.4, 0.5) is 5.82 Å². The SMILES string of the molecule is CCCC[C@@H](CCO)Nc1ncncc1CCc1ccccn1. The maximum absolute atomic E-state index is 9.25. The number of unbranched alkanes of at least 4 members (excludes halogenated alkanes) is 1. The number of hydrogen-bond donors (Lipinski definition) is 2. The highest BCUT2D eigenvalue weighted by molar-refractivity contribution is 5.43. The van der Waals surface area contributed by atoms with E-state index < -0.39 is 0 Å². The van der Waals surface area contributed by atoms with Crippen molar-refractivity contribution in [2.24, 2.45) is 0 Å². The van der Waals surface area contributed by atoms with E-state index in [1.807, 2.05) is 30.6 Å². The average Bonchev–Trinajstić information content (AvgIpc) is 2.60. The molecule has 0 aliphatic rings. The van der Waals surface area contributed by atoms with Crippen LogP contribution in [-0.2, 0) is 12.8 Å². The van der Waals surface area contributed by atoms with E-state index in [-0.39, 0.29) is 12.6 Å². The van der Waals surface area contributed by atoms with Gasteiger partial charge in [0.2, 0.25) is 0 Å². The van der Waals surface area contributed by atoms with Crippen molar-refractivity contribution in [1.29, 1.82) is 0 Å². The summed E-state index contributed by atoms with van der Waals surface area (Å²) in [7, 11) is 0. The van der Waals surface area contributed by atoms with E-state index in [1.165, 1.54) is 0 Å². The van der Waals surface area contributed by atoms with E-state index >= 15 is 0 Å². The summed E-state index contributed by atoms with van der Waals surface area (Å²) >= 11 is 0. The first-order valence-electron chi connectivity index (χ1n) is 8.39. The third-order valence-corrected chi connectivity index (χ3v) is 3.89. The molecule has 2 aromatic heterocycles. The van der Waals surface area contributed by atoms with Gasteiger partial charge in [0.05, 0.1) is 0 Å². The molecule has 5 nitrogen and oxygen atoms in total. The van der Waals surface area contributed by atoms with Gasteiger partial charge in [0.1, 0.15) is 12.1 Å². The van der Waals surface area contributed by atoms with E-state index in [0.717, 1.165) is 55.6 Å². The fraction of sp³-hybridized carbons (Fsp3) is 0.500. The molecule has 2 heterocycles. The predicted octanol–water partition coefficient (Wildman–Crippen LogP) is 3.01.